The van der Waals surface area contributed by atoms with Gasteiger partial charge in [-0.3, -0.25) is 4.79 Å². The van der Waals surface area contributed by atoms with Crippen molar-refractivity contribution < 1.29 is 9.59 Å². The predicted octanol–water partition coefficient (Wildman–Crippen LogP) is -1.13. The van der Waals surface area contributed by atoms with Gasteiger partial charge >= 0.3 is 0 Å². The molecule has 0 aromatic carbocycles. The first-order valence-electron chi connectivity index (χ1n) is 1.35. The fourth-order valence-electron chi connectivity index (χ4n) is 0.0671. The number of rotatable bonds is 2. The van der Waals surface area contributed by atoms with Crippen LogP contribution in [0.4, 0.5) is 0 Å². The zero-order valence-electron chi connectivity index (χ0n) is 3.05. The third-order valence-electron chi connectivity index (χ3n) is 0.232. The van der Waals surface area contributed by atoms with Crippen LogP contribution in [0.5, 0.6) is 0 Å². The van der Waals surface area contributed by atoms with Crippen LogP contribution in [-0.4, -0.2) is 12.2 Å². The van der Waals surface area contributed by atoms with Gasteiger partial charge in [0, 0.05) is 0 Å². The van der Waals surface area contributed by atoms with E-state index in [1.807, 2.05) is 0 Å². The summed E-state index contributed by atoms with van der Waals surface area (Å²) in [6.45, 7) is 0. The van der Waals surface area contributed by atoms with E-state index in [9.17, 15) is 9.59 Å². The van der Waals surface area contributed by atoms with Crippen molar-refractivity contribution in [2.75, 3.05) is 0 Å². The van der Waals surface area contributed by atoms with Gasteiger partial charge in [0.1, 0.15) is 12.7 Å². The standard InChI is InChI=1S/C3H4NO2/c4-3(6)1-2-5/h1-2H,(H2,4,6). The van der Waals surface area contributed by atoms with E-state index < -0.39 is 5.91 Å². The third-order valence-corrected chi connectivity index (χ3v) is 0.232. The van der Waals surface area contributed by atoms with Crippen LogP contribution in [0.3, 0.4) is 0 Å². The van der Waals surface area contributed by atoms with Gasteiger partial charge in [-0.2, -0.15) is 0 Å². The Labute approximate surface area is 35.1 Å². The topological polar surface area (TPSA) is 60.2 Å². The van der Waals surface area contributed by atoms with Gasteiger partial charge in [-0.1, -0.05) is 0 Å². The molecule has 3 heteroatoms. The quantitative estimate of drug-likeness (QED) is 0.341. The minimum absolute atomic E-state index is 0.350. The van der Waals surface area contributed by atoms with Gasteiger partial charge in [0.2, 0.25) is 5.91 Å². The van der Waals surface area contributed by atoms with Crippen molar-refractivity contribution in [3.05, 3.63) is 6.42 Å². The van der Waals surface area contributed by atoms with Gasteiger partial charge < -0.3 is 10.5 Å². The lowest BCUT2D eigenvalue weighted by Gasteiger charge is -1.72. The molecular weight excluding hydrogens is 82.0 g/mol. The maximum atomic E-state index is 9.53. The number of hydrogen-bond acceptors (Lipinski definition) is 2. The molecule has 0 aliphatic carbocycles. The summed E-state index contributed by atoms with van der Waals surface area (Å²) in [6.07, 6.45) is 1.10. The Balaban J connectivity index is 3.05. The molecule has 0 aliphatic heterocycles. The molecule has 0 rings (SSSR count). The monoisotopic (exact) mass is 86.0 g/mol. The molecule has 1 amide bonds. The van der Waals surface area contributed by atoms with Gasteiger partial charge in [0.15, 0.2) is 0 Å². The lowest BCUT2D eigenvalue weighted by atomic mass is 10.5. The molecule has 0 atom stereocenters. The van der Waals surface area contributed by atoms with Crippen molar-refractivity contribution in [1.82, 2.24) is 0 Å². The maximum Gasteiger partial charge on any atom is 0.228 e. The molecule has 0 heterocycles. The maximum absolute atomic E-state index is 9.53. The SMILES string of the molecule is NC(=O)[CH]C=O. The van der Waals surface area contributed by atoms with E-state index in [2.05, 4.69) is 5.73 Å². The molecule has 0 saturated carbocycles. The van der Waals surface area contributed by atoms with Crippen molar-refractivity contribution in [2.45, 2.75) is 0 Å². The Morgan fingerprint density at radius 3 is 2.17 bits per heavy atom. The zero-order valence-corrected chi connectivity index (χ0v) is 3.05. The number of aldehydes is 1. The number of primary amides is 1. The van der Waals surface area contributed by atoms with Crippen LogP contribution in [0.25, 0.3) is 0 Å². The molecule has 0 aliphatic rings. The first-order chi connectivity index (χ1) is 2.77. The summed E-state index contributed by atoms with van der Waals surface area (Å²) in [5.74, 6) is -0.704. The predicted molar refractivity (Wildman–Crippen MR) is 19.6 cm³/mol. The molecular formula is C3H4NO2. The molecule has 33 valence electrons. The zero-order chi connectivity index (χ0) is 4.99. The van der Waals surface area contributed by atoms with Crippen molar-refractivity contribution in [2.24, 2.45) is 5.73 Å². The van der Waals surface area contributed by atoms with Crippen LogP contribution in [0, 0.1) is 6.42 Å². The summed E-state index contributed by atoms with van der Waals surface area (Å²) in [6, 6.07) is 0. The molecule has 0 saturated heterocycles. The average Bonchev–Trinajstić information content (AvgIpc) is 1.35. The number of hydrogen-bond donors (Lipinski definition) is 1. The molecule has 0 unspecified atom stereocenters. The molecule has 3 nitrogen and oxygen atoms in total. The minimum atomic E-state index is -0.704. The lowest BCUT2D eigenvalue weighted by molar-refractivity contribution is -0.117. The van der Waals surface area contributed by atoms with Gasteiger partial charge in [0.05, 0.1) is 0 Å². The summed E-state index contributed by atoms with van der Waals surface area (Å²) in [7, 11) is 0. The first-order valence-corrected chi connectivity index (χ1v) is 1.35. The van der Waals surface area contributed by atoms with Gasteiger partial charge in [-0.15, -0.1) is 0 Å². The molecule has 0 aromatic rings. The van der Waals surface area contributed by atoms with Crippen LogP contribution >= 0.6 is 0 Å². The Morgan fingerprint density at radius 2 is 2.17 bits per heavy atom. The highest BCUT2D eigenvalue weighted by atomic mass is 16.2. The normalized spacial score (nSPS) is 7.33. The van der Waals surface area contributed by atoms with Crippen molar-refractivity contribution in [1.29, 1.82) is 0 Å². The van der Waals surface area contributed by atoms with Crippen LogP contribution in [0.2, 0.25) is 0 Å². The first kappa shape index (κ1) is 5.14. The second-order valence-electron chi connectivity index (χ2n) is 0.705. The number of carbonyl (C=O) groups excluding carboxylic acids is 2. The van der Waals surface area contributed by atoms with E-state index in [4.69, 9.17) is 0 Å². The van der Waals surface area contributed by atoms with Crippen molar-refractivity contribution in [3.63, 3.8) is 0 Å². The molecule has 0 bridgehead atoms. The molecule has 0 spiro atoms. The smallest absolute Gasteiger partial charge is 0.228 e. The van der Waals surface area contributed by atoms with Crippen LogP contribution < -0.4 is 5.73 Å². The highest BCUT2D eigenvalue weighted by molar-refractivity contribution is 5.98. The Bertz CT molecular complexity index is 69.2. The van der Waals surface area contributed by atoms with Crippen LogP contribution in [-0.2, 0) is 9.59 Å². The van der Waals surface area contributed by atoms with E-state index in [1.54, 1.807) is 0 Å². The molecule has 2 N–H and O–H groups in total. The second-order valence-corrected chi connectivity index (χ2v) is 0.705. The fraction of sp³-hybridized carbons (Fsp3) is 0. The second kappa shape index (κ2) is 2.38. The fourth-order valence-corrected chi connectivity index (χ4v) is 0.0671. The number of carbonyl (C=O) groups is 2. The van der Waals surface area contributed by atoms with E-state index in [-0.39, 0.29) is 0 Å². The Hall–Kier alpha value is -0.860. The van der Waals surface area contributed by atoms with Crippen molar-refractivity contribution in [3.8, 4) is 0 Å². The highest BCUT2D eigenvalue weighted by Crippen LogP contribution is 1.57. The molecule has 1 radical (unpaired) electrons. The van der Waals surface area contributed by atoms with Crippen molar-refractivity contribution >= 4 is 12.2 Å². The summed E-state index contributed by atoms with van der Waals surface area (Å²) in [4.78, 5) is 18.8. The summed E-state index contributed by atoms with van der Waals surface area (Å²) in [5, 5.41) is 0. The van der Waals surface area contributed by atoms with E-state index in [0.29, 0.717) is 6.29 Å². The average molecular weight is 86.1 g/mol. The van der Waals surface area contributed by atoms with Gasteiger partial charge in [-0.25, -0.2) is 0 Å². The summed E-state index contributed by atoms with van der Waals surface area (Å²) in [5.41, 5.74) is 4.48. The molecule has 6 heavy (non-hydrogen) atoms. The van der Waals surface area contributed by atoms with Gasteiger partial charge in [-0.05, 0) is 0 Å². The van der Waals surface area contributed by atoms with E-state index >= 15 is 0 Å². The largest absolute Gasteiger partial charge is 0.369 e. The van der Waals surface area contributed by atoms with Crippen LogP contribution in [0.1, 0.15) is 0 Å². The van der Waals surface area contributed by atoms with Crippen LogP contribution in [0.15, 0.2) is 0 Å². The Kier molecular flexibility index (Phi) is 2.04. The summed E-state index contributed by atoms with van der Waals surface area (Å²) < 4.78 is 0. The van der Waals surface area contributed by atoms with E-state index in [1.165, 1.54) is 0 Å². The number of nitrogens with two attached hydrogens (primary N) is 1. The molecule has 0 fully saturated rings. The lowest BCUT2D eigenvalue weighted by Crippen LogP contribution is -2.10. The summed E-state index contributed by atoms with van der Waals surface area (Å²) >= 11 is 0. The van der Waals surface area contributed by atoms with Gasteiger partial charge in [0.25, 0.3) is 0 Å². The third kappa shape index (κ3) is 3.14. The molecule has 0 aromatic heterocycles. The minimum Gasteiger partial charge on any atom is -0.369 e. The number of amides is 1. The highest BCUT2D eigenvalue weighted by Gasteiger charge is 1.85. The Morgan fingerprint density at radius 1 is 1.67 bits per heavy atom. The van der Waals surface area contributed by atoms with E-state index in [0.717, 1.165) is 6.42 Å².